The van der Waals surface area contributed by atoms with Crippen LogP contribution in [0.5, 0.6) is 5.75 Å². The van der Waals surface area contributed by atoms with Crippen LogP contribution in [0.1, 0.15) is 35.9 Å². The minimum absolute atomic E-state index is 0.0278. The summed E-state index contributed by atoms with van der Waals surface area (Å²) in [5.74, 6) is 1.50. The fourth-order valence-electron chi connectivity index (χ4n) is 4.13. The van der Waals surface area contributed by atoms with Gasteiger partial charge in [0, 0.05) is 38.6 Å². The van der Waals surface area contributed by atoms with E-state index < -0.39 is 0 Å². The zero-order valence-electron chi connectivity index (χ0n) is 16.8. The van der Waals surface area contributed by atoms with E-state index in [1.54, 1.807) is 7.11 Å². The molecule has 1 aliphatic carbocycles. The van der Waals surface area contributed by atoms with Crippen molar-refractivity contribution in [3.63, 3.8) is 0 Å². The molecule has 3 aliphatic rings. The van der Waals surface area contributed by atoms with E-state index in [-0.39, 0.29) is 6.10 Å². The molecule has 1 aromatic heterocycles. The Balaban J connectivity index is 1.19. The fourth-order valence-corrected chi connectivity index (χ4v) is 4.13. The smallest absolute Gasteiger partial charge is 0.225 e. The van der Waals surface area contributed by atoms with E-state index in [0.717, 1.165) is 68.3 Å². The van der Waals surface area contributed by atoms with Crippen LogP contribution >= 0.6 is 0 Å². The number of hydrogen-bond acceptors (Lipinski definition) is 6. The van der Waals surface area contributed by atoms with Crippen LogP contribution in [0.15, 0.2) is 24.3 Å². The summed E-state index contributed by atoms with van der Waals surface area (Å²) >= 11 is 0. The molecule has 2 fully saturated rings. The predicted octanol–water partition coefficient (Wildman–Crippen LogP) is 1.61. The molecule has 1 atom stereocenters. The van der Waals surface area contributed by atoms with Crippen molar-refractivity contribution < 1.29 is 14.3 Å². The summed E-state index contributed by atoms with van der Waals surface area (Å²) in [5.41, 5.74) is 3.16. The molecule has 1 aromatic carbocycles. The molecule has 1 saturated carbocycles. The largest absolute Gasteiger partial charge is 0.497 e. The Morgan fingerprint density at radius 1 is 1.17 bits per heavy atom. The summed E-state index contributed by atoms with van der Waals surface area (Å²) in [4.78, 5) is 16.6. The third-order valence-electron chi connectivity index (χ3n) is 6.15. The first-order chi connectivity index (χ1) is 14.2. The van der Waals surface area contributed by atoms with E-state index >= 15 is 0 Å². The highest BCUT2D eigenvalue weighted by Crippen LogP contribution is 2.31. The van der Waals surface area contributed by atoms with Gasteiger partial charge >= 0.3 is 0 Å². The van der Waals surface area contributed by atoms with Gasteiger partial charge in [-0.15, -0.1) is 5.10 Å². The van der Waals surface area contributed by atoms with Gasteiger partial charge in [-0.2, -0.15) is 0 Å². The average molecular weight is 397 g/mol. The molecular weight excluding hydrogens is 370 g/mol. The number of carbonyl (C=O) groups is 1. The molecule has 0 unspecified atom stereocenters. The van der Waals surface area contributed by atoms with Gasteiger partial charge in [-0.3, -0.25) is 9.69 Å². The molecule has 0 spiro atoms. The lowest BCUT2D eigenvalue weighted by Gasteiger charge is -2.34. The van der Waals surface area contributed by atoms with Gasteiger partial charge in [0.15, 0.2) is 0 Å². The highest BCUT2D eigenvalue weighted by atomic mass is 16.5. The van der Waals surface area contributed by atoms with E-state index in [1.807, 2.05) is 33.8 Å². The topological polar surface area (TPSA) is 72.7 Å². The van der Waals surface area contributed by atoms with Crippen molar-refractivity contribution in [2.45, 2.75) is 38.6 Å². The van der Waals surface area contributed by atoms with Gasteiger partial charge < -0.3 is 14.4 Å². The molecule has 1 saturated heterocycles. The monoisotopic (exact) mass is 397 g/mol. The highest BCUT2D eigenvalue weighted by Gasteiger charge is 2.35. The number of piperazine rings is 1. The van der Waals surface area contributed by atoms with Crippen LogP contribution in [0.4, 0.5) is 0 Å². The van der Waals surface area contributed by atoms with E-state index in [0.29, 0.717) is 25.0 Å². The maximum absolute atomic E-state index is 12.2. The van der Waals surface area contributed by atoms with Crippen LogP contribution in [0.2, 0.25) is 0 Å². The van der Waals surface area contributed by atoms with E-state index in [4.69, 9.17) is 9.47 Å². The van der Waals surface area contributed by atoms with Crippen LogP contribution in [-0.4, -0.2) is 64.0 Å². The Morgan fingerprint density at radius 3 is 2.62 bits per heavy atom. The zero-order valence-corrected chi connectivity index (χ0v) is 16.8. The molecule has 0 radical (unpaired) electrons. The maximum Gasteiger partial charge on any atom is 0.225 e. The quantitative estimate of drug-likeness (QED) is 0.763. The van der Waals surface area contributed by atoms with Crippen molar-refractivity contribution in [2.75, 3.05) is 33.3 Å². The lowest BCUT2D eigenvalue weighted by atomic mass is 10.1. The number of methoxy groups -OCH3 is 1. The number of rotatable bonds is 5. The Labute approximate surface area is 170 Å². The van der Waals surface area contributed by atoms with Crippen LogP contribution in [0, 0.1) is 5.92 Å². The van der Waals surface area contributed by atoms with Gasteiger partial charge in [0.1, 0.15) is 17.5 Å². The van der Waals surface area contributed by atoms with Crippen molar-refractivity contribution >= 4 is 5.91 Å². The van der Waals surface area contributed by atoms with Gasteiger partial charge in [-0.05, 0) is 30.5 Å². The van der Waals surface area contributed by atoms with E-state index in [2.05, 4.69) is 15.2 Å². The van der Waals surface area contributed by atoms with E-state index in [9.17, 15) is 4.79 Å². The Hall–Kier alpha value is -2.45. The molecule has 2 aliphatic heterocycles. The van der Waals surface area contributed by atoms with Crippen molar-refractivity contribution in [3.05, 3.63) is 41.2 Å². The zero-order chi connectivity index (χ0) is 19.8. The highest BCUT2D eigenvalue weighted by molar-refractivity contribution is 5.81. The maximum atomic E-state index is 12.2. The fraction of sp³-hybridized carbons (Fsp3) is 0.571. The number of hydrogen-bond donors (Lipinski definition) is 0. The first-order valence-corrected chi connectivity index (χ1v) is 10.4. The first kappa shape index (κ1) is 18.6. The summed E-state index contributed by atoms with van der Waals surface area (Å²) in [6.07, 6.45) is 2.12. The van der Waals surface area contributed by atoms with Crippen molar-refractivity contribution in [1.29, 1.82) is 0 Å². The van der Waals surface area contributed by atoms with Crippen LogP contribution in [0.3, 0.4) is 0 Å². The third kappa shape index (κ3) is 3.86. The number of carbonyl (C=O) groups excluding carboxylic acids is 1. The second-order valence-electron chi connectivity index (χ2n) is 8.11. The van der Waals surface area contributed by atoms with Crippen LogP contribution < -0.4 is 4.74 Å². The van der Waals surface area contributed by atoms with E-state index in [1.165, 1.54) is 0 Å². The first-order valence-electron chi connectivity index (χ1n) is 10.4. The third-order valence-corrected chi connectivity index (χ3v) is 6.15. The van der Waals surface area contributed by atoms with Gasteiger partial charge in [0.2, 0.25) is 5.91 Å². The normalized spacial score (nSPS) is 22.4. The molecule has 5 rings (SSSR count). The van der Waals surface area contributed by atoms with Gasteiger partial charge in [-0.1, -0.05) is 17.3 Å². The molecule has 0 N–H and O–H groups in total. The summed E-state index contributed by atoms with van der Waals surface area (Å²) in [5, 5.41) is 8.81. The summed E-state index contributed by atoms with van der Waals surface area (Å²) in [6, 6.07) is 7.98. The number of aromatic nitrogens is 3. The molecule has 154 valence electrons. The standard InChI is InChI=1S/C21H27N5O3/c1-28-17-6-4-15(5-7-17)20-13-26-19(14-29-20)18(22-23-26)12-24-8-10-25(11-9-24)21(27)16-2-3-16/h4-7,16,20H,2-3,8-14H2,1H3/t20-/m0/s1. The number of fused-ring (bicyclic) bond motifs is 1. The number of benzene rings is 1. The van der Waals surface area contributed by atoms with Crippen molar-refractivity contribution in [3.8, 4) is 5.75 Å². The van der Waals surface area contributed by atoms with Crippen molar-refractivity contribution in [1.82, 2.24) is 24.8 Å². The Bertz CT molecular complexity index is 869. The molecular formula is C21H27N5O3. The SMILES string of the molecule is COc1ccc([C@@H]2Cn3nnc(CN4CCN(C(=O)C5CC5)CC4)c3CO2)cc1. The molecule has 3 heterocycles. The average Bonchev–Trinajstić information content (AvgIpc) is 3.55. The number of nitrogens with zero attached hydrogens (tertiary/aromatic N) is 5. The molecule has 1 amide bonds. The van der Waals surface area contributed by atoms with Gasteiger partial charge in [0.05, 0.1) is 26.0 Å². The minimum atomic E-state index is -0.0278. The molecule has 29 heavy (non-hydrogen) atoms. The number of ether oxygens (including phenoxy) is 2. The molecule has 2 aromatic rings. The number of amides is 1. The lowest BCUT2D eigenvalue weighted by Crippen LogP contribution is -2.48. The Kier molecular flexibility index (Phi) is 4.97. The van der Waals surface area contributed by atoms with Crippen LogP contribution in [-0.2, 0) is 29.2 Å². The van der Waals surface area contributed by atoms with Crippen molar-refractivity contribution in [2.24, 2.45) is 5.92 Å². The lowest BCUT2D eigenvalue weighted by molar-refractivity contribution is -0.134. The molecule has 0 bridgehead atoms. The summed E-state index contributed by atoms with van der Waals surface area (Å²) in [7, 11) is 1.67. The Morgan fingerprint density at radius 2 is 1.93 bits per heavy atom. The van der Waals surface area contributed by atoms with Gasteiger partial charge in [-0.25, -0.2) is 4.68 Å². The summed E-state index contributed by atoms with van der Waals surface area (Å²) in [6.45, 7) is 5.35. The summed E-state index contributed by atoms with van der Waals surface area (Å²) < 4.78 is 13.3. The predicted molar refractivity (Wildman–Crippen MR) is 105 cm³/mol. The van der Waals surface area contributed by atoms with Crippen LogP contribution in [0.25, 0.3) is 0 Å². The second kappa shape index (κ2) is 7.76. The molecule has 8 heteroatoms. The minimum Gasteiger partial charge on any atom is -0.497 e. The molecule has 8 nitrogen and oxygen atoms in total. The van der Waals surface area contributed by atoms with Gasteiger partial charge in [0.25, 0.3) is 0 Å². The second-order valence-corrected chi connectivity index (χ2v) is 8.11.